The van der Waals surface area contributed by atoms with E-state index in [1.807, 2.05) is 37.3 Å². The maximum atomic E-state index is 12.8. The Morgan fingerprint density at radius 3 is 2.49 bits per heavy atom. The number of rotatable bonds is 7. The van der Waals surface area contributed by atoms with Crippen LogP contribution in [0.4, 0.5) is 18.0 Å². The third kappa shape index (κ3) is 6.41. The summed E-state index contributed by atoms with van der Waals surface area (Å²) in [5, 5.41) is 7.17. The Morgan fingerprint density at radius 2 is 1.71 bits per heavy atom. The van der Waals surface area contributed by atoms with Crippen molar-refractivity contribution in [2.45, 2.75) is 26.4 Å². The van der Waals surface area contributed by atoms with Crippen molar-refractivity contribution in [3.8, 4) is 22.6 Å². The first-order chi connectivity index (χ1) is 16.8. The van der Waals surface area contributed by atoms with E-state index in [0.29, 0.717) is 29.1 Å². The summed E-state index contributed by atoms with van der Waals surface area (Å²) in [5.74, 6) is -0.287. The van der Waals surface area contributed by atoms with Gasteiger partial charge in [-0.1, -0.05) is 60.7 Å². The summed E-state index contributed by atoms with van der Waals surface area (Å²) < 4.78 is 49.6. The molecule has 9 heteroatoms. The third-order valence-electron chi connectivity index (χ3n) is 5.08. The number of amides is 1. The number of benzene rings is 3. The molecule has 0 fully saturated rings. The molecule has 4 aromatic rings. The predicted molar refractivity (Wildman–Crippen MR) is 124 cm³/mol. The van der Waals surface area contributed by atoms with Crippen LogP contribution in [0.25, 0.3) is 16.8 Å². The molecule has 1 N–H and O–H groups in total. The topological polar surface area (TPSA) is 65.4 Å². The SMILES string of the molecule is Cc1cc(COC(=O)NCc2ccccc2)nn1-c1cccc(-c2ccccc2OC(F)(F)F)c1. The Labute approximate surface area is 199 Å². The molecular weight excluding hydrogens is 459 g/mol. The zero-order valence-corrected chi connectivity index (χ0v) is 18.8. The van der Waals surface area contributed by atoms with Gasteiger partial charge >= 0.3 is 12.5 Å². The van der Waals surface area contributed by atoms with Crippen LogP contribution in [0.1, 0.15) is 17.0 Å². The van der Waals surface area contributed by atoms with E-state index >= 15 is 0 Å². The molecule has 0 spiro atoms. The molecule has 1 heterocycles. The molecule has 0 radical (unpaired) electrons. The van der Waals surface area contributed by atoms with Crippen molar-refractivity contribution >= 4 is 6.09 Å². The summed E-state index contributed by atoms with van der Waals surface area (Å²) in [6, 6.07) is 24.1. The van der Waals surface area contributed by atoms with Crippen LogP contribution in [0.5, 0.6) is 5.75 Å². The highest BCUT2D eigenvalue weighted by Crippen LogP contribution is 2.34. The van der Waals surface area contributed by atoms with Crippen LogP contribution in [0, 0.1) is 6.92 Å². The summed E-state index contributed by atoms with van der Waals surface area (Å²) in [6.07, 6.45) is -5.36. The number of carbonyl (C=O) groups is 1. The van der Waals surface area contributed by atoms with E-state index in [0.717, 1.165) is 11.3 Å². The molecule has 0 saturated heterocycles. The number of para-hydroxylation sites is 1. The lowest BCUT2D eigenvalue weighted by Gasteiger charge is -2.14. The molecule has 6 nitrogen and oxygen atoms in total. The smallest absolute Gasteiger partial charge is 0.443 e. The van der Waals surface area contributed by atoms with Gasteiger partial charge in [-0.2, -0.15) is 5.10 Å². The number of alkyl carbamates (subject to hydrolysis) is 1. The average Bonchev–Trinajstić information content (AvgIpc) is 3.22. The first-order valence-corrected chi connectivity index (χ1v) is 10.7. The van der Waals surface area contributed by atoms with Crippen molar-refractivity contribution in [2.24, 2.45) is 0 Å². The van der Waals surface area contributed by atoms with Gasteiger partial charge in [0.25, 0.3) is 0 Å². The summed E-state index contributed by atoms with van der Waals surface area (Å²) >= 11 is 0. The number of nitrogens with one attached hydrogen (secondary N) is 1. The zero-order chi connectivity index (χ0) is 24.8. The van der Waals surface area contributed by atoms with Crippen LogP contribution in [0.15, 0.2) is 84.9 Å². The van der Waals surface area contributed by atoms with Crippen molar-refractivity contribution < 1.29 is 27.4 Å². The van der Waals surface area contributed by atoms with Gasteiger partial charge in [-0.05, 0) is 42.3 Å². The van der Waals surface area contributed by atoms with Gasteiger partial charge in [0.05, 0.1) is 5.69 Å². The van der Waals surface area contributed by atoms with E-state index in [4.69, 9.17) is 4.74 Å². The van der Waals surface area contributed by atoms with Crippen LogP contribution in [0.2, 0.25) is 0 Å². The number of aryl methyl sites for hydroxylation is 1. The van der Waals surface area contributed by atoms with Crippen LogP contribution in [0.3, 0.4) is 0 Å². The maximum Gasteiger partial charge on any atom is 0.573 e. The lowest BCUT2D eigenvalue weighted by Crippen LogP contribution is -2.23. The number of hydrogen-bond donors (Lipinski definition) is 1. The summed E-state index contributed by atoms with van der Waals surface area (Å²) in [6.45, 7) is 2.15. The second kappa shape index (κ2) is 10.3. The fourth-order valence-electron chi connectivity index (χ4n) is 3.55. The molecular formula is C26H22F3N3O3. The van der Waals surface area contributed by atoms with Gasteiger partial charge in [-0.3, -0.25) is 0 Å². The van der Waals surface area contributed by atoms with Crippen LogP contribution in [-0.2, 0) is 17.9 Å². The van der Waals surface area contributed by atoms with Crippen LogP contribution in [-0.4, -0.2) is 22.2 Å². The Morgan fingerprint density at radius 1 is 0.971 bits per heavy atom. The summed E-state index contributed by atoms with van der Waals surface area (Å²) in [7, 11) is 0. The van der Waals surface area contributed by atoms with Gasteiger partial charge in [0.2, 0.25) is 0 Å². The average molecular weight is 481 g/mol. The zero-order valence-electron chi connectivity index (χ0n) is 18.8. The van der Waals surface area contributed by atoms with Crippen LogP contribution >= 0.6 is 0 Å². The molecule has 1 aromatic heterocycles. The number of ether oxygens (including phenoxy) is 2. The molecule has 3 aromatic carbocycles. The number of alkyl halides is 3. The van der Waals surface area contributed by atoms with Gasteiger partial charge < -0.3 is 14.8 Å². The molecule has 4 rings (SSSR count). The van der Waals surface area contributed by atoms with Crippen molar-refractivity contribution in [3.05, 3.63) is 102 Å². The number of aromatic nitrogens is 2. The monoisotopic (exact) mass is 481 g/mol. The van der Waals surface area contributed by atoms with Crippen molar-refractivity contribution in [2.75, 3.05) is 0 Å². The second-order valence-corrected chi connectivity index (χ2v) is 7.70. The van der Waals surface area contributed by atoms with E-state index in [2.05, 4.69) is 15.2 Å². The minimum Gasteiger partial charge on any atom is -0.443 e. The fourth-order valence-corrected chi connectivity index (χ4v) is 3.55. The molecule has 0 aliphatic heterocycles. The predicted octanol–water partition coefficient (Wildman–Crippen LogP) is 6.17. The first kappa shape index (κ1) is 23.9. The normalized spacial score (nSPS) is 11.2. The fraction of sp³-hybridized carbons (Fsp3) is 0.154. The Hall–Kier alpha value is -4.27. The minimum absolute atomic E-state index is 0.0313. The second-order valence-electron chi connectivity index (χ2n) is 7.70. The van der Waals surface area contributed by atoms with Gasteiger partial charge in [0.15, 0.2) is 0 Å². The quantitative estimate of drug-likeness (QED) is 0.343. The largest absolute Gasteiger partial charge is 0.573 e. The molecule has 35 heavy (non-hydrogen) atoms. The van der Waals surface area contributed by atoms with E-state index in [1.54, 1.807) is 47.1 Å². The van der Waals surface area contributed by atoms with Crippen molar-refractivity contribution in [1.29, 1.82) is 0 Å². The molecule has 0 saturated carbocycles. The van der Waals surface area contributed by atoms with Gasteiger partial charge in [-0.25, -0.2) is 9.48 Å². The lowest BCUT2D eigenvalue weighted by molar-refractivity contribution is -0.274. The van der Waals surface area contributed by atoms with Crippen molar-refractivity contribution in [1.82, 2.24) is 15.1 Å². The van der Waals surface area contributed by atoms with Crippen molar-refractivity contribution in [3.63, 3.8) is 0 Å². The lowest BCUT2D eigenvalue weighted by atomic mass is 10.0. The highest BCUT2D eigenvalue weighted by Gasteiger charge is 2.32. The van der Waals surface area contributed by atoms with Crippen LogP contribution < -0.4 is 10.1 Å². The Kier molecular flexibility index (Phi) is 7.05. The summed E-state index contributed by atoms with van der Waals surface area (Å²) in [5.41, 5.74) is 3.73. The molecule has 0 atom stereocenters. The minimum atomic E-state index is -4.80. The number of hydrogen-bond acceptors (Lipinski definition) is 4. The summed E-state index contributed by atoms with van der Waals surface area (Å²) in [4.78, 5) is 12.0. The third-order valence-corrected chi connectivity index (χ3v) is 5.08. The van der Waals surface area contributed by atoms with E-state index in [9.17, 15) is 18.0 Å². The number of nitrogens with zero attached hydrogens (tertiary/aromatic N) is 2. The molecule has 0 aliphatic carbocycles. The Balaban J connectivity index is 1.46. The first-order valence-electron chi connectivity index (χ1n) is 10.7. The van der Waals surface area contributed by atoms with Gasteiger partial charge in [0.1, 0.15) is 18.1 Å². The highest BCUT2D eigenvalue weighted by atomic mass is 19.4. The number of halogens is 3. The molecule has 0 unspecified atom stereocenters. The molecule has 0 bridgehead atoms. The Bertz CT molecular complexity index is 1300. The number of carbonyl (C=O) groups excluding carboxylic acids is 1. The molecule has 1 amide bonds. The molecule has 0 aliphatic rings. The van der Waals surface area contributed by atoms with E-state index in [-0.39, 0.29) is 12.4 Å². The highest BCUT2D eigenvalue weighted by molar-refractivity contribution is 5.72. The van der Waals surface area contributed by atoms with E-state index < -0.39 is 12.5 Å². The van der Waals surface area contributed by atoms with Gasteiger partial charge in [-0.15, -0.1) is 13.2 Å². The molecule has 180 valence electrons. The van der Waals surface area contributed by atoms with E-state index in [1.165, 1.54) is 12.1 Å². The van der Waals surface area contributed by atoms with Gasteiger partial charge in [0, 0.05) is 17.8 Å². The standard InChI is InChI=1S/C26H22F3N3O3/c1-18-14-21(17-34-25(33)30-16-19-8-3-2-4-9-19)31-32(18)22-11-7-10-20(15-22)23-12-5-6-13-24(23)35-26(27,28)29/h2-15H,16-17H2,1H3,(H,30,33). The maximum absolute atomic E-state index is 12.8.